The number of pyridine rings is 1. The highest BCUT2D eigenvalue weighted by atomic mass is 32.1. The van der Waals surface area contributed by atoms with Crippen LogP contribution in [0.4, 0.5) is 9.80 Å². The fourth-order valence-electron chi connectivity index (χ4n) is 1.64. The van der Waals surface area contributed by atoms with Crippen molar-refractivity contribution in [3.8, 4) is 16.3 Å². The lowest BCUT2D eigenvalue weighted by Crippen LogP contribution is -2.21. The molecule has 2 aromatic heterocycles. The summed E-state index contributed by atoms with van der Waals surface area (Å²) in [5.41, 5.74) is 11.1. The van der Waals surface area contributed by atoms with Crippen LogP contribution < -0.4 is 21.5 Å². The van der Waals surface area contributed by atoms with E-state index < -0.39 is 11.9 Å². The van der Waals surface area contributed by atoms with Gasteiger partial charge in [0.2, 0.25) is 0 Å². The predicted octanol–water partition coefficient (Wildman–Crippen LogP) is 1.41. The third-order valence-electron chi connectivity index (χ3n) is 2.46. The quantitative estimate of drug-likeness (QED) is 0.788. The highest BCUT2D eigenvalue weighted by molar-refractivity contribution is 7.20. The molecule has 0 unspecified atom stereocenters. The van der Waals surface area contributed by atoms with Crippen molar-refractivity contribution in [1.82, 2.24) is 4.98 Å². The van der Waals surface area contributed by atoms with E-state index in [2.05, 4.69) is 10.3 Å². The van der Waals surface area contributed by atoms with E-state index in [-0.39, 0.29) is 10.6 Å². The number of ether oxygens (including phenoxy) is 1. The third kappa shape index (κ3) is 2.69. The molecule has 20 heavy (non-hydrogen) atoms. The summed E-state index contributed by atoms with van der Waals surface area (Å²) in [4.78, 5) is 27.2. The van der Waals surface area contributed by atoms with Crippen molar-refractivity contribution < 1.29 is 14.3 Å². The van der Waals surface area contributed by atoms with E-state index in [0.717, 1.165) is 11.3 Å². The highest BCUT2D eigenvalue weighted by Crippen LogP contribution is 2.38. The summed E-state index contributed by atoms with van der Waals surface area (Å²) >= 11 is 1.14. The second-order valence-corrected chi connectivity index (χ2v) is 4.81. The van der Waals surface area contributed by atoms with Crippen LogP contribution in [-0.2, 0) is 0 Å². The van der Waals surface area contributed by atoms with Crippen molar-refractivity contribution in [2.75, 3.05) is 12.4 Å². The number of amides is 3. The highest BCUT2D eigenvalue weighted by Gasteiger charge is 2.18. The molecule has 2 heterocycles. The lowest BCUT2D eigenvalue weighted by molar-refractivity contribution is 0.100. The first-order valence-electron chi connectivity index (χ1n) is 5.52. The molecule has 0 bridgehead atoms. The first kappa shape index (κ1) is 13.8. The Hall–Kier alpha value is -2.61. The molecule has 0 aliphatic carbocycles. The lowest BCUT2D eigenvalue weighted by Gasteiger charge is -2.04. The molecule has 0 saturated heterocycles. The zero-order valence-electron chi connectivity index (χ0n) is 10.5. The van der Waals surface area contributed by atoms with Gasteiger partial charge in [0, 0.05) is 6.20 Å². The smallest absolute Gasteiger partial charge is 0.317 e. The molecule has 0 aliphatic rings. The van der Waals surface area contributed by atoms with Crippen LogP contribution in [0.1, 0.15) is 10.4 Å². The maximum Gasteiger partial charge on any atom is 0.317 e. The van der Waals surface area contributed by atoms with Gasteiger partial charge in [0.15, 0.2) is 0 Å². The van der Waals surface area contributed by atoms with E-state index in [0.29, 0.717) is 16.3 Å². The molecular formula is C12H12N4O3S. The number of hydrogen-bond acceptors (Lipinski definition) is 5. The van der Waals surface area contributed by atoms with Crippen LogP contribution in [0.3, 0.4) is 0 Å². The number of carbonyl (C=O) groups is 2. The van der Waals surface area contributed by atoms with Crippen LogP contribution >= 0.6 is 11.3 Å². The van der Waals surface area contributed by atoms with Gasteiger partial charge in [-0.25, -0.2) is 4.79 Å². The fraction of sp³-hybridized carbons (Fsp3) is 0.0833. The monoisotopic (exact) mass is 292 g/mol. The van der Waals surface area contributed by atoms with Crippen molar-refractivity contribution in [3.63, 3.8) is 0 Å². The predicted molar refractivity (Wildman–Crippen MR) is 75.8 cm³/mol. The van der Waals surface area contributed by atoms with Crippen molar-refractivity contribution >= 4 is 28.3 Å². The number of methoxy groups -OCH3 is 1. The summed E-state index contributed by atoms with van der Waals surface area (Å²) in [6.45, 7) is 0. The second-order valence-electron chi connectivity index (χ2n) is 3.76. The van der Waals surface area contributed by atoms with E-state index >= 15 is 0 Å². The molecule has 0 spiro atoms. The molecule has 0 aromatic carbocycles. The number of thiophene rings is 1. The van der Waals surface area contributed by atoms with E-state index in [1.165, 1.54) is 7.11 Å². The standard InChI is InChI=1S/C12H12N4O3S/c1-19-7-3-2-4-15-9(7)8-5-6(10(13)17)11(20-8)16-12(14)18/h2-5H,1H3,(H2,13,17)(H3,14,16,18). The Morgan fingerprint density at radius 2 is 2.15 bits per heavy atom. The molecule has 0 aliphatic heterocycles. The Bertz CT molecular complexity index is 668. The minimum atomic E-state index is -0.770. The Labute approximate surface area is 118 Å². The Morgan fingerprint density at radius 3 is 2.75 bits per heavy atom. The summed E-state index contributed by atoms with van der Waals surface area (Å²) in [5, 5.41) is 2.66. The van der Waals surface area contributed by atoms with Gasteiger partial charge in [0.05, 0.1) is 17.6 Å². The fourth-order valence-corrected chi connectivity index (χ4v) is 2.70. The Kier molecular flexibility index (Phi) is 3.85. The van der Waals surface area contributed by atoms with Crippen molar-refractivity contribution in [1.29, 1.82) is 0 Å². The van der Waals surface area contributed by atoms with Crippen LogP contribution in [0, 0.1) is 0 Å². The van der Waals surface area contributed by atoms with Gasteiger partial charge in [0.25, 0.3) is 5.91 Å². The number of urea groups is 1. The Balaban J connectivity index is 2.52. The zero-order chi connectivity index (χ0) is 14.7. The normalized spacial score (nSPS) is 10.1. The van der Waals surface area contributed by atoms with Crippen molar-refractivity contribution in [3.05, 3.63) is 30.0 Å². The largest absolute Gasteiger partial charge is 0.494 e. The zero-order valence-corrected chi connectivity index (χ0v) is 11.4. The summed E-state index contributed by atoms with van der Waals surface area (Å²) in [5.74, 6) is -0.110. The molecule has 3 amide bonds. The minimum absolute atomic E-state index is 0.177. The molecule has 7 nitrogen and oxygen atoms in total. The number of rotatable bonds is 4. The van der Waals surface area contributed by atoms with Gasteiger partial charge in [-0.2, -0.15) is 0 Å². The van der Waals surface area contributed by atoms with Gasteiger partial charge < -0.3 is 16.2 Å². The molecular weight excluding hydrogens is 280 g/mol. The van der Waals surface area contributed by atoms with Gasteiger partial charge in [0.1, 0.15) is 16.4 Å². The lowest BCUT2D eigenvalue weighted by atomic mass is 10.2. The summed E-state index contributed by atoms with van der Waals surface area (Å²) in [7, 11) is 1.52. The average Bonchev–Trinajstić information content (AvgIpc) is 2.81. The molecule has 0 atom stereocenters. The van der Waals surface area contributed by atoms with Crippen molar-refractivity contribution in [2.45, 2.75) is 0 Å². The first-order valence-corrected chi connectivity index (χ1v) is 6.34. The molecule has 0 fully saturated rings. The summed E-state index contributed by atoms with van der Waals surface area (Å²) in [6.07, 6.45) is 1.60. The minimum Gasteiger partial charge on any atom is -0.494 e. The van der Waals surface area contributed by atoms with Gasteiger partial charge in [-0.05, 0) is 18.2 Å². The van der Waals surface area contributed by atoms with E-state index in [1.807, 2.05) is 0 Å². The SMILES string of the molecule is COc1cccnc1-c1cc(C(N)=O)c(NC(N)=O)s1. The van der Waals surface area contributed by atoms with Crippen LogP contribution in [-0.4, -0.2) is 24.0 Å². The maximum absolute atomic E-state index is 11.4. The summed E-state index contributed by atoms with van der Waals surface area (Å²) in [6, 6.07) is 4.25. The number of nitrogens with two attached hydrogens (primary N) is 2. The van der Waals surface area contributed by atoms with E-state index in [4.69, 9.17) is 16.2 Å². The first-order chi connectivity index (χ1) is 9.52. The topological polar surface area (TPSA) is 120 Å². The van der Waals surface area contributed by atoms with E-state index in [1.54, 1.807) is 24.4 Å². The number of hydrogen-bond donors (Lipinski definition) is 3. The van der Waals surface area contributed by atoms with Gasteiger partial charge in [-0.1, -0.05) is 0 Å². The van der Waals surface area contributed by atoms with Gasteiger partial charge >= 0.3 is 6.03 Å². The molecule has 0 radical (unpaired) electrons. The number of aromatic nitrogens is 1. The average molecular weight is 292 g/mol. The number of nitrogens with zero attached hydrogens (tertiary/aromatic N) is 1. The number of primary amides is 2. The van der Waals surface area contributed by atoms with Crippen LogP contribution in [0.5, 0.6) is 5.75 Å². The maximum atomic E-state index is 11.4. The second kappa shape index (κ2) is 5.57. The number of nitrogens with one attached hydrogen (secondary N) is 1. The molecule has 5 N–H and O–H groups in total. The molecule has 8 heteroatoms. The molecule has 2 rings (SSSR count). The third-order valence-corrected chi connectivity index (χ3v) is 3.52. The molecule has 104 valence electrons. The van der Waals surface area contributed by atoms with Crippen molar-refractivity contribution in [2.24, 2.45) is 11.5 Å². The molecule has 2 aromatic rings. The summed E-state index contributed by atoms with van der Waals surface area (Å²) < 4.78 is 5.21. The van der Waals surface area contributed by atoms with Crippen LogP contribution in [0.2, 0.25) is 0 Å². The van der Waals surface area contributed by atoms with Gasteiger partial charge in [-0.15, -0.1) is 11.3 Å². The van der Waals surface area contributed by atoms with Gasteiger partial charge in [-0.3, -0.25) is 15.1 Å². The number of anilines is 1. The van der Waals surface area contributed by atoms with Crippen LogP contribution in [0.15, 0.2) is 24.4 Å². The molecule has 0 saturated carbocycles. The Morgan fingerprint density at radius 1 is 1.40 bits per heavy atom. The number of carbonyl (C=O) groups excluding carboxylic acids is 2. The van der Waals surface area contributed by atoms with E-state index in [9.17, 15) is 9.59 Å². The van der Waals surface area contributed by atoms with Crippen LogP contribution in [0.25, 0.3) is 10.6 Å².